The second-order valence-electron chi connectivity index (χ2n) is 8.41. The Morgan fingerprint density at radius 2 is 1.66 bits per heavy atom. The first kappa shape index (κ1) is 23.0. The number of ether oxygens (including phenoxy) is 2. The number of halogens is 1. The lowest BCUT2D eigenvalue weighted by atomic mass is 10.2. The summed E-state index contributed by atoms with van der Waals surface area (Å²) in [5.74, 6) is 2.15. The highest BCUT2D eigenvalue weighted by Crippen LogP contribution is 2.21. The molecule has 2 fully saturated rings. The maximum absolute atomic E-state index is 13.1. The summed E-state index contributed by atoms with van der Waals surface area (Å²) in [7, 11) is 0. The number of hydrazone groups is 1. The second kappa shape index (κ2) is 11.1. The summed E-state index contributed by atoms with van der Waals surface area (Å²) in [5, 5.41) is 4.35. The minimum absolute atomic E-state index is 0.262. The molecule has 0 bridgehead atoms. The van der Waals surface area contributed by atoms with Crippen LogP contribution >= 0.6 is 0 Å². The lowest BCUT2D eigenvalue weighted by Gasteiger charge is -2.27. The first-order chi connectivity index (χ1) is 17.2. The van der Waals surface area contributed by atoms with E-state index in [1.807, 2.05) is 24.3 Å². The molecule has 5 rings (SSSR count). The van der Waals surface area contributed by atoms with E-state index in [-0.39, 0.29) is 5.82 Å². The van der Waals surface area contributed by atoms with Crippen LogP contribution in [0.15, 0.2) is 53.6 Å². The van der Waals surface area contributed by atoms with Gasteiger partial charge in [0.15, 0.2) is 0 Å². The van der Waals surface area contributed by atoms with Gasteiger partial charge in [0, 0.05) is 26.2 Å². The SMILES string of the molecule is Fc1ccc(COc2cccc(/C=N\Nc3nc(N4CCCC4)nc(N4CCOCC4)n3)c2)cc1. The van der Waals surface area contributed by atoms with Gasteiger partial charge in [-0.2, -0.15) is 20.1 Å². The van der Waals surface area contributed by atoms with Gasteiger partial charge in [0.25, 0.3) is 0 Å². The fourth-order valence-corrected chi connectivity index (χ4v) is 3.96. The molecule has 2 aliphatic rings. The van der Waals surface area contributed by atoms with E-state index < -0.39 is 0 Å². The molecule has 0 atom stereocenters. The fraction of sp³-hybridized carbons (Fsp3) is 0.360. The Morgan fingerprint density at radius 1 is 0.943 bits per heavy atom. The largest absolute Gasteiger partial charge is 0.489 e. The molecule has 0 amide bonds. The molecule has 1 aromatic heterocycles. The molecule has 0 aliphatic carbocycles. The lowest BCUT2D eigenvalue weighted by Crippen LogP contribution is -2.38. The number of anilines is 3. The number of benzene rings is 2. The molecular weight excluding hydrogens is 449 g/mol. The summed E-state index contributed by atoms with van der Waals surface area (Å²) in [6.45, 7) is 5.05. The normalized spacial score (nSPS) is 16.1. The minimum Gasteiger partial charge on any atom is -0.489 e. The molecule has 182 valence electrons. The van der Waals surface area contributed by atoms with Crippen molar-refractivity contribution in [2.24, 2.45) is 5.10 Å². The van der Waals surface area contributed by atoms with E-state index in [2.05, 4.69) is 30.3 Å². The topological polar surface area (TPSA) is 88.0 Å². The lowest BCUT2D eigenvalue weighted by molar-refractivity contribution is 0.122. The van der Waals surface area contributed by atoms with Crippen molar-refractivity contribution in [1.82, 2.24) is 15.0 Å². The molecule has 2 aliphatic heterocycles. The molecule has 3 heterocycles. The Balaban J connectivity index is 1.26. The molecule has 0 unspecified atom stereocenters. The highest BCUT2D eigenvalue weighted by molar-refractivity contribution is 5.80. The van der Waals surface area contributed by atoms with E-state index in [9.17, 15) is 4.39 Å². The number of morpholine rings is 1. The number of rotatable bonds is 8. The summed E-state index contributed by atoms with van der Waals surface area (Å²) in [5.41, 5.74) is 4.72. The van der Waals surface area contributed by atoms with Gasteiger partial charge in [-0.15, -0.1) is 0 Å². The number of hydrogen-bond donors (Lipinski definition) is 1. The molecule has 0 radical (unpaired) electrons. The van der Waals surface area contributed by atoms with Gasteiger partial charge in [0.1, 0.15) is 18.2 Å². The van der Waals surface area contributed by atoms with Crippen LogP contribution in [-0.2, 0) is 11.3 Å². The molecule has 9 nitrogen and oxygen atoms in total. The molecule has 2 aromatic carbocycles. The van der Waals surface area contributed by atoms with Gasteiger partial charge >= 0.3 is 0 Å². The molecule has 0 saturated carbocycles. The third-order valence-electron chi connectivity index (χ3n) is 5.85. The van der Waals surface area contributed by atoms with Crippen molar-refractivity contribution in [2.75, 3.05) is 54.6 Å². The van der Waals surface area contributed by atoms with Crippen molar-refractivity contribution in [3.8, 4) is 5.75 Å². The van der Waals surface area contributed by atoms with Crippen molar-refractivity contribution >= 4 is 24.1 Å². The van der Waals surface area contributed by atoms with Crippen LogP contribution in [-0.4, -0.2) is 60.6 Å². The zero-order valence-corrected chi connectivity index (χ0v) is 19.4. The summed E-state index contributed by atoms with van der Waals surface area (Å²) >= 11 is 0. The number of aromatic nitrogens is 3. The van der Waals surface area contributed by atoms with Gasteiger partial charge in [0.2, 0.25) is 17.8 Å². The van der Waals surface area contributed by atoms with Crippen LogP contribution in [0.5, 0.6) is 5.75 Å². The highest BCUT2D eigenvalue weighted by atomic mass is 19.1. The maximum atomic E-state index is 13.1. The van der Waals surface area contributed by atoms with E-state index in [1.165, 1.54) is 12.1 Å². The Bertz CT molecular complexity index is 1150. The zero-order chi connectivity index (χ0) is 23.9. The van der Waals surface area contributed by atoms with Crippen molar-refractivity contribution in [3.63, 3.8) is 0 Å². The van der Waals surface area contributed by atoms with Crippen LogP contribution in [0.3, 0.4) is 0 Å². The van der Waals surface area contributed by atoms with Gasteiger partial charge in [-0.3, -0.25) is 0 Å². The predicted molar refractivity (Wildman–Crippen MR) is 133 cm³/mol. The smallest absolute Gasteiger partial charge is 0.250 e. The first-order valence-electron chi connectivity index (χ1n) is 11.8. The molecule has 3 aromatic rings. The molecule has 35 heavy (non-hydrogen) atoms. The molecule has 1 N–H and O–H groups in total. The van der Waals surface area contributed by atoms with Crippen molar-refractivity contribution in [1.29, 1.82) is 0 Å². The van der Waals surface area contributed by atoms with Gasteiger partial charge in [0.05, 0.1) is 19.4 Å². The number of nitrogens with zero attached hydrogens (tertiary/aromatic N) is 6. The summed E-state index contributed by atoms with van der Waals surface area (Å²) in [4.78, 5) is 18.2. The Labute approximate surface area is 203 Å². The van der Waals surface area contributed by atoms with Gasteiger partial charge in [-0.05, 0) is 48.2 Å². The first-order valence-corrected chi connectivity index (χ1v) is 11.8. The Hall–Kier alpha value is -3.79. The van der Waals surface area contributed by atoms with Crippen molar-refractivity contribution < 1.29 is 13.9 Å². The fourth-order valence-electron chi connectivity index (χ4n) is 3.96. The zero-order valence-electron chi connectivity index (χ0n) is 19.4. The van der Waals surface area contributed by atoms with Gasteiger partial charge < -0.3 is 19.3 Å². The summed E-state index contributed by atoms with van der Waals surface area (Å²) < 4.78 is 24.4. The van der Waals surface area contributed by atoms with E-state index in [0.717, 1.165) is 50.1 Å². The van der Waals surface area contributed by atoms with Crippen LogP contribution in [0.4, 0.5) is 22.2 Å². The van der Waals surface area contributed by atoms with E-state index in [4.69, 9.17) is 14.5 Å². The second-order valence-corrected chi connectivity index (χ2v) is 8.41. The van der Waals surface area contributed by atoms with Crippen LogP contribution in [0, 0.1) is 5.82 Å². The van der Waals surface area contributed by atoms with Crippen LogP contribution in [0.25, 0.3) is 0 Å². The number of nitrogens with one attached hydrogen (secondary N) is 1. The summed E-state index contributed by atoms with van der Waals surface area (Å²) in [6, 6.07) is 13.8. The minimum atomic E-state index is -0.262. The molecule has 0 spiro atoms. The van der Waals surface area contributed by atoms with E-state index in [1.54, 1.807) is 18.3 Å². The molecule has 2 saturated heterocycles. The Kier molecular flexibility index (Phi) is 7.28. The standard InChI is InChI=1S/C25H28FN7O2/c26-21-8-6-19(7-9-21)18-35-22-5-3-4-20(16-22)17-27-31-23-28-24(32-10-1-2-11-32)30-25(29-23)33-12-14-34-15-13-33/h3-9,16-17H,1-2,10-15,18H2,(H,28,29,30,31)/b27-17-. The van der Waals surface area contributed by atoms with Crippen LogP contribution in [0.1, 0.15) is 24.0 Å². The van der Waals surface area contributed by atoms with Crippen LogP contribution < -0.4 is 20.0 Å². The number of hydrogen-bond acceptors (Lipinski definition) is 9. The average molecular weight is 478 g/mol. The van der Waals surface area contributed by atoms with Gasteiger partial charge in [-0.1, -0.05) is 24.3 Å². The monoisotopic (exact) mass is 477 g/mol. The molecular formula is C25H28FN7O2. The van der Waals surface area contributed by atoms with Crippen LogP contribution in [0.2, 0.25) is 0 Å². The third-order valence-corrected chi connectivity index (χ3v) is 5.85. The van der Waals surface area contributed by atoms with Gasteiger partial charge in [-0.25, -0.2) is 9.82 Å². The van der Waals surface area contributed by atoms with E-state index in [0.29, 0.717) is 43.4 Å². The highest BCUT2D eigenvalue weighted by Gasteiger charge is 2.21. The van der Waals surface area contributed by atoms with Crippen molar-refractivity contribution in [2.45, 2.75) is 19.4 Å². The average Bonchev–Trinajstić information content (AvgIpc) is 3.44. The van der Waals surface area contributed by atoms with Crippen molar-refractivity contribution in [3.05, 3.63) is 65.5 Å². The molecule has 10 heteroatoms. The van der Waals surface area contributed by atoms with E-state index >= 15 is 0 Å². The summed E-state index contributed by atoms with van der Waals surface area (Å²) in [6.07, 6.45) is 3.97. The predicted octanol–water partition coefficient (Wildman–Crippen LogP) is 3.47. The Morgan fingerprint density at radius 3 is 2.40 bits per heavy atom. The third kappa shape index (κ3) is 6.21. The maximum Gasteiger partial charge on any atom is 0.250 e. The quantitative estimate of drug-likeness (QED) is 0.390.